The number of carbonyl (C=O) groups excluding carboxylic acids is 1. The van der Waals surface area contributed by atoms with Crippen LogP contribution < -0.4 is 14.8 Å². The van der Waals surface area contributed by atoms with Gasteiger partial charge < -0.3 is 19.4 Å². The number of methoxy groups -OCH3 is 1. The van der Waals surface area contributed by atoms with Crippen LogP contribution in [0.2, 0.25) is 10.0 Å². The number of aromatic nitrogens is 3. The summed E-state index contributed by atoms with van der Waals surface area (Å²) in [6, 6.07) is 12.2. The molecule has 0 bridgehead atoms. The van der Waals surface area contributed by atoms with Crippen molar-refractivity contribution in [1.29, 1.82) is 0 Å². The maximum atomic E-state index is 12.3. The molecular formula is C20H20Cl2N4O3S. The SMILES string of the molecule is COc1cccc(OC(C)c2nnc(SCC(=O)Nc3cc(Cl)ccc3Cl)n2C)c1. The molecule has 0 fully saturated rings. The third-order valence-electron chi connectivity index (χ3n) is 4.12. The summed E-state index contributed by atoms with van der Waals surface area (Å²) in [6.45, 7) is 1.88. The standard InChI is InChI=1S/C20H20Cl2N4O3S/c1-12(29-15-6-4-5-14(10-15)28-3)19-24-25-20(26(19)2)30-11-18(27)23-17-9-13(21)7-8-16(17)22/h4-10,12H,11H2,1-3H3,(H,23,27). The fraction of sp³-hybridized carbons (Fsp3) is 0.250. The number of hydrogen-bond acceptors (Lipinski definition) is 6. The molecule has 1 heterocycles. The Bertz CT molecular complexity index is 1040. The number of nitrogens with one attached hydrogen (secondary N) is 1. The van der Waals surface area contributed by atoms with Crippen LogP contribution in [0.25, 0.3) is 0 Å². The number of ether oxygens (including phenoxy) is 2. The number of carbonyl (C=O) groups is 1. The Labute approximate surface area is 188 Å². The number of hydrogen-bond donors (Lipinski definition) is 1. The third kappa shape index (κ3) is 5.59. The predicted molar refractivity (Wildman–Crippen MR) is 119 cm³/mol. The molecule has 0 aliphatic rings. The van der Waals surface area contributed by atoms with Crippen LogP contribution in [0.15, 0.2) is 47.6 Å². The highest BCUT2D eigenvalue weighted by Gasteiger charge is 2.18. The average Bonchev–Trinajstić information content (AvgIpc) is 3.10. The Morgan fingerprint density at radius 1 is 1.20 bits per heavy atom. The molecule has 1 unspecified atom stereocenters. The fourth-order valence-corrected chi connectivity index (χ4v) is 3.70. The predicted octanol–water partition coefficient (Wildman–Crippen LogP) is 5.00. The molecule has 0 aliphatic heterocycles. The number of thioether (sulfide) groups is 1. The van der Waals surface area contributed by atoms with Gasteiger partial charge in [-0.2, -0.15) is 0 Å². The highest BCUT2D eigenvalue weighted by Crippen LogP contribution is 2.27. The summed E-state index contributed by atoms with van der Waals surface area (Å²) in [6.07, 6.45) is -0.344. The number of anilines is 1. The smallest absolute Gasteiger partial charge is 0.234 e. The first-order valence-electron chi connectivity index (χ1n) is 8.95. The Morgan fingerprint density at radius 2 is 1.97 bits per heavy atom. The molecule has 3 rings (SSSR count). The summed E-state index contributed by atoms with van der Waals surface area (Å²) in [5.74, 6) is 1.92. The Balaban J connectivity index is 1.60. The lowest BCUT2D eigenvalue weighted by molar-refractivity contribution is -0.113. The number of rotatable bonds is 8. The first-order chi connectivity index (χ1) is 14.4. The van der Waals surface area contributed by atoms with E-state index in [1.54, 1.807) is 35.9 Å². The summed E-state index contributed by atoms with van der Waals surface area (Å²) in [5.41, 5.74) is 0.466. The largest absolute Gasteiger partial charge is 0.497 e. The van der Waals surface area contributed by atoms with Gasteiger partial charge in [0.25, 0.3) is 0 Å². The van der Waals surface area contributed by atoms with Crippen molar-refractivity contribution in [3.63, 3.8) is 0 Å². The summed E-state index contributed by atoms with van der Waals surface area (Å²) in [4.78, 5) is 12.3. The monoisotopic (exact) mass is 466 g/mol. The molecule has 10 heteroatoms. The molecule has 7 nitrogen and oxygen atoms in total. The van der Waals surface area contributed by atoms with E-state index in [1.165, 1.54) is 11.8 Å². The fourth-order valence-electron chi connectivity index (χ4n) is 2.65. The molecule has 0 aliphatic carbocycles. The number of halogens is 2. The lowest BCUT2D eigenvalue weighted by Gasteiger charge is -2.14. The number of amides is 1. The van der Waals surface area contributed by atoms with Crippen molar-refractivity contribution in [2.24, 2.45) is 7.05 Å². The molecule has 0 saturated heterocycles. The Hall–Kier alpha value is -2.42. The summed E-state index contributed by atoms with van der Waals surface area (Å²) in [7, 11) is 3.43. The van der Waals surface area contributed by atoms with Crippen molar-refractivity contribution in [2.75, 3.05) is 18.2 Å². The molecule has 1 amide bonds. The normalized spacial score (nSPS) is 11.8. The minimum Gasteiger partial charge on any atom is -0.497 e. The Morgan fingerprint density at radius 3 is 2.73 bits per heavy atom. The molecular weight excluding hydrogens is 447 g/mol. The highest BCUT2D eigenvalue weighted by atomic mass is 35.5. The van der Waals surface area contributed by atoms with E-state index in [-0.39, 0.29) is 17.8 Å². The zero-order chi connectivity index (χ0) is 21.7. The van der Waals surface area contributed by atoms with Gasteiger partial charge in [0.2, 0.25) is 5.91 Å². The van der Waals surface area contributed by atoms with Gasteiger partial charge in [0.05, 0.1) is 23.6 Å². The van der Waals surface area contributed by atoms with Crippen LogP contribution in [0.3, 0.4) is 0 Å². The van der Waals surface area contributed by atoms with Crippen LogP contribution in [0, 0.1) is 0 Å². The molecule has 1 aromatic heterocycles. The van der Waals surface area contributed by atoms with Gasteiger partial charge in [-0.05, 0) is 37.3 Å². The quantitative estimate of drug-likeness (QED) is 0.470. The van der Waals surface area contributed by atoms with E-state index in [0.29, 0.717) is 38.2 Å². The first kappa shape index (κ1) is 22.3. The van der Waals surface area contributed by atoms with Gasteiger partial charge in [0.15, 0.2) is 17.1 Å². The minimum absolute atomic E-state index is 0.139. The summed E-state index contributed by atoms with van der Waals surface area (Å²) < 4.78 is 13.0. The average molecular weight is 467 g/mol. The van der Waals surface area contributed by atoms with Crippen molar-refractivity contribution < 1.29 is 14.3 Å². The summed E-state index contributed by atoms with van der Waals surface area (Å²) in [5, 5.41) is 12.6. The lowest BCUT2D eigenvalue weighted by Crippen LogP contribution is -2.15. The zero-order valence-electron chi connectivity index (χ0n) is 16.6. The second-order valence-corrected chi connectivity index (χ2v) is 8.09. The van der Waals surface area contributed by atoms with E-state index >= 15 is 0 Å². The molecule has 2 aromatic carbocycles. The molecule has 0 radical (unpaired) electrons. The molecule has 158 valence electrons. The van der Waals surface area contributed by atoms with E-state index in [9.17, 15) is 4.79 Å². The maximum Gasteiger partial charge on any atom is 0.234 e. The Kier molecular flexibility index (Phi) is 7.47. The van der Waals surface area contributed by atoms with E-state index in [4.69, 9.17) is 32.7 Å². The molecule has 1 N–H and O–H groups in total. The lowest BCUT2D eigenvalue weighted by atomic mass is 10.3. The first-order valence-corrected chi connectivity index (χ1v) is 10.7. The van der Waals surface area contributed by atoms with Crippen LogP contribution in [0.1, 0.15) is 18.9 Å². The van der Waals surface area contributed by atoms with Crippen LogP contribution in [-0.4, -0.2) is 33.5 Å². The van der Waals surface area contributed by atoms with E-state index in [1.807, 2.05) is 32.2 Å². The van der Waals surface area contributed by atoms with Crippen molar-refractivity contribution in [3.05, 3.63) is 58.3 Å². The van der Waals surface area contributed by atoms with Gasteiger partial charge in [-0.25, -0.2) is 0 Å². The molecule has 30 heavy (non-hydrogen) atoms. The molecule has 3 aromatic rings. The van der Waals surface area contributed by atoms with Gasteiger partial charge in [0.1, 0.15) is 11.5 Å². The van der Waals surface area contributed by atoms with Crippen molar-refractivity contribution in [1.82, 2.24) is 14.8 Å². The van der Waals surface area contributed by atoms with Crippen LogP contribution in [0.5, 0.6) is 11.5 Å². The minimum atomic E-state index is -0.344. The van der Waals surface area contributed by atoms with Crippen LogP contribution in [0.4, 0.5) is 5.69 Å². The van der Waals surface area contributed by atoms with E-state index in [2.05, 4.69) is 15.5 Å². The molecule has 1 atom stereocenters. The zero-order valence-corrected chi connectivity index (χ0v) is 18.9. The van der Waals surface area contributed by atoms with Crippen LogP contribution >= 0.6 is 35.0 Å². The van der Waals surface area contributed by atoms with Crippen molar-refractivity contribution in [2.45, 2.75) is 18.2 Å². The second kappa shape index (κ2) is 10.1. The number of nitrogens with zero attached hydrogens (tertiary/aromatic N) is 3. The van der Waals surface area contributed by atoms with E-state index in [0.717, 1.165) is 0 Å². The molecule has 0 spiro atoms. The number of benzene rings is 2. The summed E-state index contributed by atoms with van der Waals surface area (Å²) >= 11 is 13.3. The van der Waals surface area contributed by atoms with Crippen molar-refractivity contribution in [3.8, 4) is 11.5 Å². The van der Waals surface area contributed by atoms with Crippen molar-refractivity contribution >= 4 is 46.6 Å². The highest BCUT2D eigenvalue weighted by molar-refractivity contribution is 7.99. The van der Waals surface area contributed by atoms with Gasteiger partial charge in [-0.15, -0.1) is 10.2 Å². The van der Waals surface area contributed by atoms with Gasteiger partial charge >= 0.3 is 0 Å². The van der Waals surface area contributed by atoms with Crippen LogP contribution in [-0.2, 0) is 11.8 Å². The third-order valence-corrected chi connectivity index (χ3v) is 5.71. The topological polar surface area (TPSA) is 78.3 Å². The second-order valence-electron chi connectivity index (χ2n) is 6.30. The van der Waals surface area contributed by atoms with E-state index < -0.39 is 0 Å². The van der Waals surface area contributed by atoms with Gasteiger partial charge in [-0.1, -0.05) is 41.0 Å². The maximum absolute atomic E-state index is 12.3. The van der Waals surface area contributed by atoms with Gasteiger partial charge in [0, 0.05) is 18.1 Å². The van der Waals surface area contributed by atoms with Gasteiger partial charge in [-0.3, -0.25) is 4.79 Å². The molecule has 0 saturated carbocycles.